The van der Waals surface area contributed by atoms with E-state index >= 15 is 0 Å². The number of benzene rings is 1. The number of nitrogens with two attached hydrogens (primary N) is 1. The molecular weight excluding hydrogens is 182 g/mol. The molecule has 2 rings (SSSR count). The van der Waals surface area contributed by atoms with Gasteiger partial charge in [0.1, 0.15) is 0 Å². The van der Waals surface area contributed by atoms with Gasteiger partial charge in [-0.1, -0.05) is 43.2 Å². The third kappa shape index (κ3) is 2.23. The van der Waals surface area contributed by atoms with Gasteiger partial charge in [-0.05, 0) is 43.2 Å². The van der Waals surface area contributed by atoms with Crippen LogP contribution in [0.15, 0.2) is 30.3 Å². The number of hydrogen-bond acceptors (Lipinski definition) is 1. The van der Waals surface area contributed by atoms with Crippen LogP contribution in [0.25, 0.3) is 0 Å². The van der Waals surface area contributed by atoms with E-state index in [4.69, 9.17) is 5.73 Å². The molecule has 0 bridgehead atoms. The number of hydrogen-bond donors (Lipinski definition) is 1. The van der Waals surface area contributed by atoms with Crippen molar-refractivity contribution in [3.8, 4) is 0 Å². The smallest absolute Gasteiger partial charge is 0.00465 e. The van der Waals surface area contributed by atoms with Crippen molar-refractivity contribution in [1.82, 2.24) is 0 Å². The molecule has 1 saturated carbocycles. The summed E-state index contributed by atoms with van der Waals surface area (Å²) in [5.74, 6) is 0. The molecule has 1 aliphatic rings. The Morgan fingerprint density at radius 2 is 1.73 bits per heavy atom. The SMILES string of the molecule is NCCCC1(c2ccccc2)CCCC1. The van der Waals surface area contributed by atoms with E-state index in [2.05, 4.69) is 30.3 Å². The molecule has 1 aliphatic carbocycles. The molecule has 2 N–H and O–H groups in total. The average Bonchev–Trinajstić information content (AvgIpc) is 2.78. The third-order valence-corrected chi connectivity index (χ3v) is 3.81. The van der Waals surface area contributed by atoms with Crippen LogP contribution < -0.4 is 5.73 Å². The van der Waals surface area contributed by atoms with Gasteiger partial charge in [-0.3, -0.25) is 0 Å². The minimum atomic E-state index is 0.459. The predicted octanol–water partition coefficient (Wildman–Crippen LogP) is 3.24. The predicted molar refractivity (Wildman–Crippen MR) is 64.9 cm³/mol. The Bertz CT molecular complexity index is 285. The minimum Gasteiger partial charge on any atom is -0.330 e. The summed E-state index contributed by atoms with van der Waals surface area (Å²) in [6.07, 6.45) is 7.93. The highest BCUT2D eigenvalue weighted by molar-refractivity contribution is 5.26. The van der Waals surface area contributed by atoms with Crippen LogP contribution in [0.5, 0.6) is 0 Å². The van der Waals surface area contributed by atoms with Gasteiger partial charge in [0.05, 0.1) is 0 Å². The van der Waals surface area contributed by atoms with Gasteiger partial charge >= 0.3 is 0 Å². The van der Waals surface area contributed by atoms with Crippen molar-refractivity contribution in [3.05, 3.63) is 35.9 Å². The fraction of sp³-hybridized carbons (Fsp3) is 0.571. The second-order valence-corrected chi connectivity index (χ2v) is 4.75. The fourth-order valence-electron chi connectivity index (χ4n) is 2.97. The first kappa shape index (κ1) is 10.7. The van der Waals surface area contributed by atoms with Crippen molar-refractivity contribution in [3.63, 3.8) is 0 Å². The van der Waals surface area contributed by atoms with Crippen LogP contribution in [-0.4, -0.2) is 6.54 Å². The molecule has 1 heteroatoms. The summed E-state index contributed by atoms with van der Waals surface area (Å²) in [5, 5.41) is 0. The molecule has 1 aromatic carbocycles. The maximum atomic E-state index is 5.64. The van der Waals surface area contributed by atoms with Gasteiger partial charge in [0.2, 0.25) is 0 Å². The molecule has 0 unspecified atom stereocenters. The van der Waals surface area contributed by atoms with Gasteiger partial charge in [-0.2, -0.15) is 0 Å². The quantitative estimate of drug-likeness (QED) is 0.798. The van der Waals surface area contributed by atoms with Gasteiger partial charge in [0.25, 0.3) is 0 Å². The van der Waals surface area contributed by atoms with E-state index in [9.17, 15) is 0 Å². The highest BCUT2D eigenvalue weighted by Crippen LogP contribution is 2.44. The normalized spacial score (nSPS) is 19.3. The zero-order valence-corrected chi connectivity index (χ0v) is 9.41. The molecule has 82 valence electrons. The van der Waals surface area contributed by atoms with Crippen LogP contribution in [0, 0.1) is 0 Å². The van der Waals surface area contributed by atoms with Crippen molar-refractivity contribution < 1.29 is 0 Å². The Hall–Kier alpha value is -0.820. The van der Waals surface area contributed by atoms with Crippen LogP contribution >= 0.6 is 0 Å². The van der Waals surface area contributed by atoms with Crippen LogP contribution in [0.4, 0.5) is 0 Å². The first-order chi connectivity index (χ1) is 7.37. The van der Waals surface area contributed by atoms with E-state index in [-0.39, 0.29) is 0 Å². The fourth-order valence-corrected chi connectivity index (χ4v) is 2.97. The summed E-state index contributed by atoms with van der Waals surface area (Å²) in [5.41, 5.74) is 7.64. The van der Waals surface area contributed by atoms with Crippen LogP contribution in [-0.2, 0) is 5.41 Å². The third-order valence-electron chi connectivity index (χ3n) is 3.81. The second-order valence-electron chi connectivity index (χ2n) is 4.75. The molecule has 1 fully saturated rings. The van der Waals surface area contributed by atoms with Crippen LogP contribution in [0.1, 0.15) is 44.1 Å². The molecule has 0 atom stereocenters. The molecule has 0 aliphatic heterocycles. The molecule has 0 spiro atoms. The Labute approximate surface area is 92.7 Å². The molecule has 1 aromatic rings. The van der Waals surface area contributed by atoms with E-state index in [0.717, 1.165) is 13.0 Å². The molecule has 0 amide bonds. The lowest BCUT2D eigenvalue weighted by molar-refractivity contribution is 0.395. The zero-order chi connectivity index (χ0) is 10.6. The van der Waals surface area contributed by atoms with E-state index in [0.29, 0.717) is 5.41 Å². The monoisotopic (exact) mass is 203 g/mol. The lowest BCUT2D eigenvalue weighted by atomic mass is 9.75. The summed E-state index contributed by atoms with van der Waals surface area (Å²) in [7, 11) is 0. The summed E-state index contributed by atoms with van der Waals surface area (Å²) >= 11 is 0. The van der Waals surface area contributed by atoms with E-state index in [1.54, 1.807) is 0 Å². The highest BCUT2D eigenvalue weighted by Gasteiger charge is 2.34. The maximum Gasteiger partial charge on any atom is -0.00465 e. The summed E-state index contributed by atoms with van der Waals surface area (Å²) < 4.78 is 0. The Morgan fingerprint density at radius 3 is 2.33 bits per heavy atom. The second kappa shape index (κ2) is 4.80. The number of rotatable bonds is 4. The summed E-state index contributed by atoms with van der Waals surface area (Å²) in [6, 6.07) is 11.0. The van der Waals surface area contributed by atoms with Crippen molar-refractivity contribution in [2.24, 2.45) is 5.73 Å². The molecule has 1 nitrogen and oxygen atoms in total. The molecule has 15 heavy (non-hydrogen) atoms. The van der Waals surface area contributed by atoms with Crippen LogP contribution in [0.2, 0.25) is 0 Å². The molecule has 0 heterocycles. The molecule has 0 aromatic heterocycles. The standard InChI is InChI=1S/C14H21N/c15-12-6-11-14(9-4-5-10-14)13-7-2-1-3-8-13/h1-3,7-8H,4-6,9-12,15H2. The van der Waals surface area contributed by atoms with Gasteiger partial charge in [-0.15, -0.1) is 0 Å². The summed E-state index contributed by atoms with van der Waals surface area (Å²) in [6.45, 7) is 0.828. The zero-order valence-electron chi connectivity index (χ0n) is 9.41. The molecule has 0 radical (unpaired) electrons. The van der Waals surface area contributed by atoms with E-state index in [1.807, 2.05) is 0 Å². The average molecular weight is 203 g/mol. The minimum absolute atomic E-state index is 0.459. The lowest BCUT2D eigenvalue weighted by Gasteiger charge is -2.29. The lowest BCUT2D eigenvalue weighted by Crippen LogP contribution is -2.23. The first-order valence-corrected chi connectivity index (χ1v) is 6.13. The Balaban J connectivity index is 2.19. The van der Waals surface area contributed by atoms with Gasteiger partial charge in [0, 0.05) is 0 Å². The first-order valence-electron chi connectivity index (χ1n) is 6.13. The van der Waals surface area contributed by atoms with Crippen molar-refractivity contribution in [2.45, 2.75) is 43.9 Å². The van der Waals surface area contributed by atoms with Gasteiger partial charge in [0.15, 0.2) is 0 Å². The van der Waals surface area contributed by atoms with E-state index < -0.39 is 0 Å². The summed E-state index contributed by atoms with van der Waals surface area (Å²) in [4.78, 5) is 0. The van der Waals surface area contributed by atoms with Crippen LogP contribution in [0.3, 0.4) is 0 Å². The van der Waals surface area contributed by atoms with Crippen molar-refractivity contribution in [1.29, 1.82) is 0 Å². The highest BCUT2D eigenvalue weighted by atomic mass is 14.5. The molecule has 0 saturated heterocycles. The van der Waals surface area contributed by atoms with Crippen molar-refractivity contribution >= 4 is 0 Å². The topological polar surface area (TPSA) is 26.0 Å². The van der Waals surface area contributed by atoms with E-state index in [1.165, 1.54) is 37.7 Å². The van der Waals surface area contributed by atoms with Gasteiger partial charge in [-0.25, -0.2) is 0 Å². The largest absolute Gasteiger partial charge is 0.330 e. The maximum absolute atomic E-state index is 5.64. The Kier molecular flexibility index (Phi) is 3.42. The van der Waals surface area contributed by atoms with Crippen molar-refractivity contribution in [2.75, 3.05) is 6.54 Å². The van der Waals surface area contributed by atoms with Gasteiger partial charge < -0.3 is 5.73 Å². The molecular formula is C14H21N. The Morgan fingerprint density at radius 1 is 1.07 bits per heavy atom.